The van der Waals surface area contributed by atoms with Crippen LogP contribution in [0.25, 0.3) is 0 Å². The summed E-state index contributed by atoms with van der Waals surface area (Å²) in [4.78, 5) is 27.1. The zero-order valence-corrected chi connectivity index (χ0v) is 16.9. The molecule has 0 heterocycles. The normalized spacial score (nSPS) is 28.2. The van der Waals surface area contributed by atoms with E-state index in [9.17, 15) is 9.59 Å². The molecule has 0 aliphatic heterocycles. The molecule has 1 saturated carbocycles. The molecule has 3 atom stereocenters. The van der Waals surface area contributed by atoms with Crippen LogP contribution in [-0.4, -0.2) is 18.9 Å². The van der Waals surface area contributed by atoms with E-state index in [1.807, 2.05) is 72.8 Å². The molecule has 3 heteroatoms. The standard InChI is InChI=1S/C26H26O3/c1-3-4-7-16-21-17-18-25(24(28)29-2)22(19-12-8-5-9-13-19)26(21,25)23(27)20-14-10-6-11-15-20/h5-6,8-18,22H,3-4,7H2,1-2H3/b21-16-/t22-,25+,26-/m0/s1. The summed E-state index contributed by atoms with van der Waals surface area (Å²) >= 11 is 0. The van der Waals surface area contributed by atoms with Crippen molar-refractivity contribution in [3.05, 3.63) is 95.6 Å². The van der Waals surface area contributed by atoms with Crippen LogP contribution < -0.4 is 0 Å². The molecule has 0 N–H and O–H groups in total. The maximum Gasteiger partial charge on any atom is 0.317 e. The van der Waals surface area contributed by atoms with Crippen molar-refractivity contribution in [2.24, 2.45) is 10.8 Å². The van der Waals surface area contributed by atoms with Crippen LogP contribution in [0.5, 0.6) is 0 Å². The van der Waals surface area contributed by atoms with Crippen LogP contribution in [0.15, 0.2) is 84.5 Å². The summed E-state index contributed by atoms with van der Waals surface area (Å²) in [6, 6.07) is 19.2. The molecule has 2 aromatic carbocycles. The second kappa shape index (κ2) is 7.47. The van der Waals surface area contributed by atoms with Gasteiger partial charge in [-0.15, -0.1) is 0 Å². The Balaban J connectivity index is 1.91. The molecule has 2 aliphatic carbocycles. The fourth-order valence-electron chi connectivity index (χ4n) is 5.11. The van der Waals surface area contributed by atoms with Crippen LogP contribution in [0.2, 0.25) is 0 Å². The van der Waals surface area contributed by atoms with Crippen molar-refractivity contribution in [2.75, 3.05) is 7.11 Å². The van der Waals surface area contributed by atoms with Gasteiger partial charge in [-0.25, -0.2) is 0 Å². The van der Waals surface area contributed by atoms with Crippen molar-refractivity contribution in [1.29, 1.82) is 0 Å². The van der Waals surface area contributed by atoms with E-state index >= 15 is 0 Å². The summed E-state index contributed by atoms with van der Waals surface area (Å²) in [5.74, 6) is -0.606. The summed E-state index contributed by atoms with van der Waals surface area (Å²) < 4.78 is 5.25. The van der Waals surface area contributed by atoms with Crippen molar-refractivity contribution < 1.29 is 14.3 Å². The Morgan fingerprint density at radius 2 is 1.69 bits per heavy atom. The summed E-state index contributed by atoms with van der Waals surface area (Å²) in [6.07, 6.45) is 9.04. The zero-order valence-electron chi connectivity index (χ0n) is 16.9. The Hall–Kier alpha value is -2.94. The first-order valence-electron chi connectivity index (χ1n) is 10.3. The van der Waals surface area contributed by atoms with Gasteiger partial charge in [0.15, 0.2) is 5.78 Å². The van der Waals surface area contributed by atoms with E-state index in [4.69, 9.17) is 4.74 Å². The number of methoxy groups -OCH3 is 1. The second-order valence-electron chi connectivity index (χ2n) is 7.84. The number of carbonyl (C=O) groups excluding carboxylic acids is 2. The van der Waals surface area contributed by atoms with Gasteiger partial charge < -0.3 is 4.74 Å². The number of hydrogen-bond acceptors (Lipinski definition) is 3. The van der Waals surface area contributed by atoms with E-state index in [0.717, 1.165) is 30.4 Å². The van der Waals surface area contributed by atoms with E-state index < -0.39 is 10.8 Å². The highest BCUT2D eigenvalue weighted by molar-refractivity contribution is 6.14. The lowest BCUT2D eigenvalue weighted by molar-refractivity contribution is -0.146. The van der Waals surface area contributed by atoms with Crippen molar-refractivity contribution in [3.63, 3.8) is 0 Å². The van der Waals surface area contributed by atoms with Gasteiger partial charge in [-0.3, -0.25) is 9.59 Å². The summed E-state index contributed by atoms with van der Waals surface area (Å²) in [7, 11) is 1.40. The van der Waals surface area contributed by atoms with Crippen LogP contribution in [0, 0.1) is 10.8 Å². The number of rotatable bonds is 7. The first-order chi connectivity index (χ1) is 14.1. The topological polar surface area (TPSA) is 43.4 Å². The average molecular weight is 386 g/mol. The van der Waals surface area contributed by atoms with Gasteiger partial charge in [-0.2, -0.15) is 0 Å². The number of ketones is 1. The maximum atomic E-state index is 14.0. The third kappa shape index (κ3) is 2.64. The molecule has 2 aromatic rings. The third-order valence-electron chi connectivity index (χ3n) is 6.41. The molecular weight excluding hydrogens is 360 g/mol. The number of ether oxygens (including phenoxy) is 1. The first-order valence-corrected chi connectivity index (χ1v) is 10.3. The predicted octanol–water partition coefficient (Wildman–Crippen LogP) is 5.50. The molecule has 4 rings (SSSR count). The molecular formula is C26H26O3. The van der Waals surface area contributed by atoms with Crippen molar-refractivity contribution in [1.82, 2.24) is 0 Å². The molecule has 0 saturated heterocycles. The minimum absolute atomic E-state index is 0.00917. The highest BCUT2D eigenvalue weighted by Crippen LogP contribution is 2.82. The summed E-state index contributed by atoms with van der Waals surface area (Å²) in [6.45, 7) is 2.15. The van der Waals surface area contributed by atoms with E-state index in [-0.39, 0.29) is 17.7 Å². The van der Waals surface area contributed by atoms with Gasteiger partial charge in [0, 0.05) is 11.5 Å². The summed E-state index contributed by atoms with van der Waals surface area (Å²) in [5, 5.41) is 0. The molecule has 2 aliphatic rings. The van der Waals surface area contributed by atoms with Crippen LogP contribution in [0.4, 0.5) is 0 Å². The molecule has 148 valence electrons. The van der Waals surface area contributed by atoms with Gasteiger partial charge in [-0.1, -0.05) is 98.7 Å². The SMILES string of the molecule is CCCC/C=C1/C=C[C@]2(C(=O)OC)[C@H](c3ccccc3)[C@]12C(=O)c1ccccc1. The Labute approximate surface area is 172 Å². The second-order valence-corrected chi connectivity index (χ2v) is 7.84. The molecule has 3 nitrogen and oxygen atoms in total. The zero-order chi connectivity index (χ0) is 20.5. The lowest BCUT2D eigenvalue weighted by atomic mass is 9.82. The Kier molecular flexibility index (Phi) is 4.99. The molecule has 0 bridgehead atoms. The third-order valence-corrected chi connectivity index (χ3v) is 6.41. The number of carbonyl (C=O) groups is 2. The van der Waals surface area contributed by atoms with Crippen LogP contribution >= 0.6 is 0 Å². The number of benzene rings is 2. The van der Waals surface area contributed by atoms with Crippen LogP contribution in [0.1, 0.15) is 48.0 Å². The predicted molar refractivity (Wildman–Crippen MR) is 114 cm³/mol. The van der Waals surface area contributed by atoms with E-state index in [2.05, 4.69) is 13.0 Å². The van der Waals surface area contributed by atoms with Crippen molar-refractivity contribution >= 4 is 11.8 Å². The molecule has 1 fully saturated rings. The fraction of sp³-hybridized carbons (Fsp3) is 0.308. The quantitative estimate of drug-likeness (QED) is 0.359. The summed E-state index contributed by atoms with van der Waals surface area (Å²) in [5.41, 5.74) is 0.654. The van der Waals surface area contributed by atoms with Gasteiger partial charge in [0.25, 0.3) is 0 Å². The minimum Gasteiger partial charge on any atom is -0.468 e. The van der Waals surface area contributed by atoms with Crippen molar-refractivity contribution in [3.8, 4) is 0 Å². The first kappa shape index (κ1) is 19.4. The number of Topliss-reactive ketones (excluding diaryl/α,β-unsaturated/α-hetero) is 1. The number of fused-ring (bicyclic) bond motifs is 1. The van der Waals surface area contributed by atoms with Gasteiger partial charge in [-0.05, 0) is 17.6 Å². The van der Waals surface area contributed by atoms with Gasteiger partial charge in [0.05, 0.1) is 12.5 Å². The largest absolute Gasteiger partial charge is 0.468 e. The number of esters is 1. The molecule has 0 amide bonds. The van der Waals surface area contributed by atoms with E-state index in [1.54, 1.807) is 0 Å². The number of allylic oxidation sites excluding steroid dienone is 3. The number of unbranched alkanes of at least 4 members (excludes halogenated alkanes) is 2. The van der Waals surface area contributed by atoms with Crippen LogP contribution in [-0.2, 0) is 9.53 Å². The Morgan fingerprint density at radius 3 is 2.31 bits per heavy atom. The van der Waals surface area contributed by atoms with Crippen LogP contribution in [0.3, 0.4) is 0 Å². The minimum atomic E-state index is -0.978. The molecule has 0 spiro atoms. The highest BCUT2D eigenvalue weighted by atomic mass is 16.5. The van der Waals surface area contributed by atoms with Gasteiger partial charge in [0.1, 0.15) is 5.41 Å². The lowest BCUT2D eigenvalue weighted by Crippen LogP contribution is -2.28. The Bertz CT molecular complexity index is 974. The average Bonchev–Trinajstić information content (AvgIpc) is 3.27. The van der Waals surface area contributed by atoms with Gasteiger partial charge >= 0.3 is 5.97 Å². The van der Waals surface area contributed by atoms with E-state index in [0.29, 0.717) is 5.56 Å². The Morgan fingerprint density at radius 1 is 1.03 bits per heavy atom. The fourth-order valence-corrected chi connectivity index (χ4v) is 5.11. The van der Waals surface area contributed by atoms with E-state index in [1.165, 1.54) is 7.11 Å². The molecule has 0 radical (unpaired) electrons. The van der Waals surface area contributed by atoms with Gasteiger partial charge in [0.2, 0.25) is 0 Å². The molecule has 29 heavy (non-hydrogen) atoms. The highest BCUT2D eigenvalue weighted by Gasteiger charge is 2.86. The molecule has 0 unspecified atom stereocenters. The molecule has 0 aromatic heterocycles. The monoisotopic (exact) mass is 386 g/mol. The number of hydrogen-bond donors (Lipinski definition) is 0. The maximum absolute atomic E-state index is 14.0. The smallest absolute Gasteiger partial charge is 0.317 e. The van der Waals surface area contributed by atoms with Crippen molar-refractivity contribution in [2.45, 2.75) is 32.1 Å². The lowest BCUT2D eigenvalue weighted by Gasteiger charge is -2.18.